The van der Waals surface area contributed by atoms with E-state index in [2.05, 4.69) is 10.3 Å². The molecule has 2 N–H and O–H groups in total. The second-order valence-corrected chi connectivity index (χ2v) is 5.79. The molecule has 1 aromatic rings. The third kappa shape index (κ3) is 3.12. The molecule has 0 amide bonds. The maximum Gasteiger partial charge on any atom is 0.329 e. The Kier molecular flexibility index (Phi) is 4.11. The van der Waals surface area contributed by atoms with Crippen molar-refractivity contribution in [1.29, 1.82) is 0 Å². The lowest BCUT2D eigenvalue weighted by Crippen LogP contribution is -2.49. The van der Waals surface area contributed by atoms with Crippen LogP contribution >= 0.6 is 0 Å². The molecule has 7 nitrogen and oxygen atoms in total. The highest BCUT2D eigenvalue weighted by atomic mass is 16.6. The SMILES string of the molecule is Cc1ccc([N+](=O)[O-])c(NC2(C(=O)O)CCCC(C)C2)n1. The van der Waals surface area contributed by atoms with Gasteiger partial charge in [-0.2, -0.15) is 0 Å². The van der Waals surface area contributed by atoms with Gasteiger partial charge in [-0.05, 0) is 31.7 Å². The fourth-order valence-electron chi connectivity index (χ4n) is 2.93. The number of nitrogens with one attached hydrogen (secondary N) is 1. The van der Waals surface area contributed by atoms with E-state index in [0.29, 0.717) is 18.5 Å². The van der Waals surface area contributed by atoms with Gasteiger partial charge in [-0.15, -0.1) is 0 Å². The van der Waals surface area contributed by atoms with Gasteiger partial charge in [0.15, 0.2) is 0 Å². The number of nitrogens with zero attached hydrogens (tertiary/aromatic N) is 2. The molecule has 0 radical (unpaired) electrons. The van der Waals surface area contributed by atoms with E-state index < -0.39 is 16.4 Å². The summed E-state index contributed by atoms with van der Waals surface area (Å²) in [5.41, 5.74) is -0.768. The average Bonchev–Trinajstić information content (AvgIpc) is 2.38. The van der Waals surface area contributed by atoms with Crippen molar-refractivity contribution < 1.29 is 14.8 Å². The van der Waals surface area contributed by atoms with Crippen molar-refractivity contribution in [3.63, 3.8) is 0 Å². The molecular weight excluding hydrogens is 274 g/mol. The van der Waals surface area contributed by atoms with E-state index in [1.54, 1.807) is 13.0 Å². The molecule has 0 aliphatic heterocycles. The van der Waals surface area contributed by atoms with E-state index in [0.717, 1.165) is 12.8 Å². The molecule has 1 saturated carbocycles. The number of nitro groups is 1. The Labute approximate surface area is 122 Å². The third-order valence-electron chi connectivity index (χ3n) is 3.97. The van der Waals surface area contributed by atoms with Gasteiger partial charge in [0.05, 0.1) is 4.92 Å². The molecule has 1 aliphatic carbocycles. The van der Waals surface area contributed by atoms with Crippen molar-refractivity contribution in [3.05, 3.63) is 27.9 Å². The number of aromatic nitrogens is 1. The standard InChI is InChI=1S/C14H19N3O4/c1-9-4-3-7-14(8-9,13(18)19)16-12-11(17(20)21)6-5-10(2)15-12/h5-6,9H,3-4,7-8H2,1-2H3,(H,15,16)(H,18,19). The first-order valence-corrected chi connectivity index (χ1v) is 6.98. The summed E-state index contributed by atoms with van der Waals surface area (Å²) in [6, 6.07) is 2.90. The van der Waals surface area contributed by atoms with Crippen LogP contribution in [0.1, 0.15) is 38.3 Å². The second kappa shape index (κ2) is 5.67. The van der Waals surface area contributed by atoms with Crippen molar-refractivity contribution in [3.8, 4) is 0 Å². The second-order valence-electron chi connectivity index (χ2n) is 5.79. The molecule has 0 spiro atoms. The van der Waals surface area contributed by atoms with E-state index in [1.807, 2.05) is 6.92 Å². The van der Waals surface area contributed by atoms with Crippen molar-refractivity contribution in [1.82, 2.24) is 4.98 Å². The van der Waals surface area contributed by atoms with Crippen LogP contribution in [0.3, 0.4) is 0 Å². The van der Waals surface area contributed by atoms with Crippen LogP contribution in [0.25, 0.3) is 0 Å². The first-order valence-electron chi connectivity index (χ1n) is 6.98. The van der Waals surface area contributed by atoms with Crippen LogP contribution in [0.2, 0.25) is 0 Å². The molecule has 2 rings (SSSR count). The molecule has 1 heterocycles. The lowest BCUT2D eigenvalue weighted by molar-refractivity contribution is -0.384. The van der Waals surface area contributed by atoms with Gasteiger partial charge >= 0.3 is 11.7 Å². The van der Waals surface area contributed by atoms with Crippen LogP contribution in [-0.4, -0.2) is 26.5 Å². The van der Waals surface area contributed by atoms with Crippen LogP contribution in [0, 0.1) is 23.0 Å². The monoisotopic (exact) mass is 293 g/mol. The van der Waals surface area contributed by atoms with E-state index in [-0.39, 0.29) is 17.4 Å². The van der Waals surface area contributed by atoms with Gasteiger partial charge in [-0.3, -0.25) is 10.1 Å². The Morgan fingerprint density at radius 2 is 2.29 bits per heavy atom. The zero-order valence-electron chi connectivity index (χ0n) is 12.1. The minimum absolute atomic E-state index is 0.0384. The molecule has 1 aliphatic rings. The molecule has 1 aromatic heterocycles. The van der Waals surface area contributed by atoms with Crippen LogP contribution in [0.15, 0.2) is 12.1 Å². The predicted octanol–water partition coefficient (Wildman–Crippen LogP) is 2.74. The molecule has 1 fully saturated rings. The highest BCUT2D eigenvalue weighted by Crippen LogP contribution is 2.37. The number of aliphatic carboxylic acids is 1. The Hall–Kier alpha value is -2.18. The predicted molar refractivity (Wildman–Crippen MR) is 77.2 cm³/mol. The number of carboxylic acid groups (broad SMARTS) is 1. The Balaban J connectivity index is 2.40. The van der Waals surface area contributed by atoms with Gasteiger partial charge in [0.2, 0.25) is 5.82 Å². The van der Waals surface area contributed by atoms with Crippen LogP contribution in [0.4, 0.5) is 11.5 Å². The summed E-state index contributed by atoms with van der Waals surface area (Å²) >= 11 is 0. The molecule has 7 heteroatoms. The largest absolute Gasteiger partial charge is 0.480 e. The molecule has 21 heavy (non-hydrogen) atoms. The summed E-state index contributed by atoms with van der Waals surface area (Å²) in [5.74, 6) is -0.686. The number of hydrogen-bond acceptors (Lipinski definition) is 5. The van der Waals surface area contributed by atoms with Gasteiger partial charge in [-0.1, -0.05) is 19.8 Å². The van der Waals surface area contributed by atoms with E-state index >= 15 is 0 Å². The summed E-state index contributed by atoms with van der Waals surface area (Å²) in [6.07, 6.45) is 2.63. The van der Waals surface area contributed by atoms with Gasteiger partial charge in [0, 0.05) is 11.8 Å². The maximum absolute atomic E-state index is 11.7. The zero-order chi connectivity index (χ0) is 15.6. The molecule has 2 unspecified atom stereocenters. The number of carboxylic acids is 1. The highest BCUT2D eigenvalue weighted by molar-refractivity contribution is 5.83. The summed E-state index contributed by atoms with van der Waals surface area (Å²) in [4.78, 5) is 26.4. The lowest BCUT2D eigenvalue weighted by Gasteiger charge is -2.37. The van der Waals surface area contributed by atoms with E-state index in [9.17, 15) is 20.0 Å². The Morgan fingerprint density at radius 3 is 2.86 bits per heavy atom. The molecule has 0 saturated heterocycles. The van der Waals surface area contributed by atoms with E-state index in [4.69, 9.17) is 0 Å². The maximum atomic E-state index is 11.7. The van der Waals surface area contributed by atoms with Crippen molar-refractivity contribution in [2.24, 2.45) is 5.92 Å². The molecule has 2 atom stereocenters. The number of rotatable bonds is 4. The summed E-state index contributed by atoms with van der Waals surface area (Å²) < 4.78 is 0. The highest BCUT2D eigenvalue weighted by Gasteiger charge is 2.43. The number of aryl methyl sites for hydroxylation is 1. The quantitative estimate of drug-likeness (QED) is 0.653. The topological polar surface area (TPSA) is 105 Å². The normalized spacial score (nSPS) is 25.3. The smallest absolute Gasteiger partial charge is 0.329 e. The van der Waals surface area contributed by atoms with Crippen molar-refractivity contribution in [2.75, 3.05) is 5.32 Å². The Morgan fingerprint density at radius 1 is 1.57 bits per heavy atom. The fraction of sp³-hybridized carbons (Fsp3) is 0.571. The minimum Gasteiger partial charge on any atom is -0.480 e. The molecule has 0 aromatic carbocycles. The number of anilines is 1. The lowest BCUT2D eigenvalue weighted by atomic mass is 9.76. The first kappa shape index (κ1) is 15.2. The first-order chi connectivity index (χ1) is 9.84. The van der Waals surface area contributed by atoms with Gasteiger partial charge in [0.25, 0.3) is 0 Å². The van der Waals surface area contributed by atoms with Gasteiger partial charge in [-0.25, -0.2) is 9.78 Å². The number of hydrogen-bond donors (Lipinski definition) is 2. The number of pyridine rings is 1. The number of carbonyl (C=O) groups is 1. The van der Waals surface area contributed by atoms with Crippen molar-refractivity contribution >= 4 is 17.5 Å². The van der Waals surface area contributed by atoms with Crippen molar-refractivity contribution in [2.45, 2.75) is 45.1 Å². The Bertz CT molecular complexity index is 575. The fourth-order valence-corrected chi connectivity index (χ4v) is 2.93. The minimum atomic E-state index is -1.18. The average molecular weight is 293 g/mol. The molecular formula is C14H19N3O4. The summed E-state index contributed by atoms with van der Waals surface area (Å²) in [6.45, 7) is 3.71. The van der Waals surface area contributed by atoms with Crippen LogP contribution in [-0.2, 0) is 4.79 Å². The van der Waals surface area contributed by atoms with E-state index in [1.165, 1.54) is 6.07 Å². The molecule has 0 bridgehead atoms. The van der Waals surface area contributed by atoms with Crippen LogP contribution < -0.4 is 5.32 Å². The summed E-state index contributed by atoms with van der Waals surface area (Å²) in [7, 11) is 0. The van der Waals surface area contributed by atoms with Gasteiger partial charge < -0.3 is 10.4 Å². The molecule has 114 valence electrons. The summed E-state index contributed by atoms with van der Waals surface area (Å²) in [5, 5.41) is 23.6. The van der Waals surface area contributed by atoms with Crippen LogP contribution in [0.5, 0.6) is 0 Å². The zero-order valence-corrected chi connectivity index (χ0v) is 12.1. The third-order valence-corrected chi connectivity index (χ3v) is 3.97. The van der Waals surface area contributed by atoms with Gasteiger partial charge in [0.1, 0.15) is 5.54 Å².